The smallest absolute Gasteiger partial charge is 0.305 e. The fourth-order valence-electron chi connectivity index (χ4n) is 8.88. The highest BCUT2D eigenvalue weighted by Gasteiger charge is 2.62. The van der Waals surface area contributed by atoms with Crippen LogP contribution in [0, 0.1) is 46.3 Å². The molecule has 0 amide bonds. The van der Waals surface area contributed by atoms with E-state index in [4.69, 9.17) is 10.5 Å². The van der Waals surface area contributed by atoms with Crippen molar-refractivity contribution in [1.29, 1.82) is 0 Å². The second kappa shape index (κ2) is 7.82. The summed E-state index contributed by atoms with van der Waals surface area (Å²) in [5.41, 5.74) is 7.00. The molecule has 0 bridgehead atoms. The van der Waals surface area contributed by atoms with E-state index in [9.17, 15) is 9.90 Å². The maximum atomic E-state index is 11.7. The average Bonchev–Trinajstić information content (AvgIpc) is 3.04. The number of aliphatic hydroxyl groups excluding tert-OH is 1. The molecule has 0 spiro atoms. The largest absolute Gasteiger partial charge is 0.469 e. The lowest BCUT2D eigenvalue weighted by molar-refractivity contribution is -0.166. The van der Waals surface area contributed by atoms with Crippen molar-refractivity contribution in [2.24, 2.45) is 52.1 Å². The van der Waals surface area contributed by atoms with Crippen LogP contribution in [0.15, 0.2) is 0 Å². The highest BCUT2D eigenvalue weighted by Crippen LogP contribution is 2.68. The van der Waals surface area contributed by atoms with Gasteiger partial charge in [0.15, 0.2) is 0 Å². The van der Waals surface area contributed by atoms with E-state index in [1.54, 1.807) is 0 Å². The topological polar surface area (TPSA) is 72.5 Å². The third-order valence-corrected chi connectivity index (χ3v) is 10.5. The number of carbonyl (C=O) groups excluding carboxylic acids is 1. The Morgan fingerprint density at radius 3 is 2.52 bits per heavy atom. The van der Waals surface area contributed by atoms with Crippen molar-refractivity contribution in [2.45, 2.75) is 97.1 Å². The van der Waals surface area contributed by atoms with Gasteiger partial charge in [-0.1, -0.05) is 20.8 Å². The SMILES string of the molecule is COC(=O)CC[C@@H](C)[C@H]1CC[C@@H]2C3C(O)CC4C[C@@H](N)CC[C@]4(C)[C@@H]3CC[C@@]21C. The molecule has 0 heterocycles. The first-order valence-corrected chi connectivity index (χ1v) is 12.2. The molecule has 0 saturated heterocycles. The molecule has 3 N–H and O–H groups in total. The average molecular weight is 406 g/mol. The van der Waals surface area contributed by atoms with Gasteiger partial charge >= 0.3 is 5.97 Å². The van der Waals surface area contributed by atoms with Crippen LogP contribution in [-0.2, 0) is 9.53 Å². The van der Waals surface area contributed by atoms with Crippen LogP contribution in [0.3, 0.4) is 0 Å². The summed E-state index contributed by atoms with van der Waals surface area (Å²) < 4.78 is 4.87. The fraction of sp³-hybridized carbons (Fsp3) is 0.960. The van der Waals surface area contributed by atoms with Gasteiger partial charge in [0.25, 0.3) is 0 Å². The molecule has 4 fully saturated rings. The Morgan fingerprint density at radius 1 is 1.10 bits per heavy atom. The summed E-state index contributed by atoms with van der Waals surface area (Å²) in [6.07, 6.45) is 10.8. The van der Waals surface area contributed by atoms with Crippen molar-refractivity contribution in [2.75, 3.05) is 7.11 Å². The second-order valence-electron chi connectivity index (χ2n) is 11.7. The van der Waals surface area contributed by atoms with Gasteiger partial charge in [-0.05, 0) is 104 Å². The molecule has 3 unspecified atom stereocenters. The molecule has 166 valence electrons. The van der Waals surface area contributed by atoms with Crippen LogP contribution < -0.4 is 5.73 Å². The summed E-state index contributed by atoms with van der Waals surface area (Å²) in [7, 11) is 1.48. The molecule has 0 aliphatic heterocycles. The van der Waals surface area contributed by atoms with Crippen molar-refractivity contribution in [1.82, 2.24) is 0 Å². The highest BCUT2D eigenvalue weighted by atomic mass is 16.5. The fourth-order valence-corrected chi connectivity index (χ4v) is 8.88. The number of rotatable bonds is 4. The molecule has 4 heteroatoms. The summed E-state index contributed by atoms with van der Waals surface area (Å²) >= 11 is 0. The van der Waals surface area contributed by atoms with Crippen molar-refractivity contribution >= 4 is 5.97 Å². The minimum atomic E-state index is -0.155. The third-order valence-electron chi connectivity index (χ3n) is 10.5. The van der Waals surface area contributed by atoms with Crippen molar-refractivity contribution in [3.05, 3.63) is 0 Å². The standard InChI is InChI=1S/C25H43NO3/c1-15(5-8-22(28)29-4)18-6-7-19-23-20(10-12-25(18,19)3)24(2)11-9-17(26)13-16(24)14-21(23)27/h15-21,23,27H,5-14,26H2,1-4H3/t15-,16?,17+,18-,19-,20-,21?,23?,24+,25-/m1/s1. The predicted octanol–water partition coefficient (Wildman–Crippen LogP) is 4.53. The quantitative estimate of drug-likeness (QED) is 0.674. The van der Waals surface area contributed by atoms with Gasteiger partial charge in [0.1, 0.15) is 0 Å². The third kappa shape index (κ3) is 3.46. The van der Waals surface area contributed by atoms with E-state index in [-0.39, 0.29) is 12.1 Å². The molecule has 29 heavy (non-hydrogen) atoms. The summed E-state index contributed by atoms with van der Waals surface area (Å²) in [6.45, 7) is 7.38. The summed E-state index contributed by atoms with van der Waals surface area (Å²) in [6, 6.07) is 0.331. The summed E-state index contributed by atoms with van der Waals surface area (Å²) in [5.74, 6) is 3.47. The number of hydrogen-bond donors (Lipinski definition) is 2. The van der Waals surface area contributed by atoms with Gasteiger partial charge in [-0.2, -0.15) is 0 Å². The number of fused-ring (bicyclic) bond motifs is 5. The first kappa shape index (κ1) is 21.6. The first-order chi connectivity index (χ1) is 13.7. The number of carbonyl (C=O) groups is 1. The Bertz CT molecular complexity index is 623. The van der Waals surface area contributed by atoms with E-state index in [1.165, 1.54) is 39.2 Å². The predicted molar refractivity (Wildman–Crippen MR) is 115 cm³/mol. The van der Waals surface area contributed by atoms with Crippen LogP contribution in [0.2, 0.25) is 0 Å². The minimum absolute atomic E-state index is 0.0857. The van der Waals surface area contributed by atoms with Crippen LogP contribution in [0.4, 0.5) is 0 Å². The van der Waals surface area contributed by atoms with Gasteiger partial charge < -0.3 is 15.6 Å². The molecular weight excluding hydrogens is 362 g/mol. The summed E-state index contributed by atoms with van der Waals surface area (Å²) in [5, 5.41) is 11.3. The molecular formula is C25H43NO3. The Kier molecular flexibility index (Phi) is 5.83. The molecule has 10 atom stereocenters. The van der Waals surface area contributed by atoms with Gasteiger partial charge in [0.2, 0.25) is 0 Å². The Balaban J connectivity index is 1.53. The van der Waals surface area contributed by atoms with E-state index < -0.39 is 0 Å². The first-order valence-electron chi connectivity index (χ1n) is 12.2. The molecule has 0 aromatic heterocycles. The number of esters is 1. The lowest BCUT2D eigenvalue weighted by atomic mass is 9.43. The molecule has 0 aromatic rings. The normalized spacial score (nSPS) is 50.2. The second-order valence-corrected chi connectivity index (χ2v) is 11.7. The molecule has 0 radical (unpaired) electrons. The number of aliphatic hydroxyl groups is 1. The van der Waals surface area contributed by atoms with E-state index >= 15 is 0 Å². The van der Waals surface area contributed by atoms with Crippen molar-refractivity contribution in [3.63, 3.8) is 0 Å². The number of methoxy groups -OCH3 is 1. The zero-order valence-corrected chi connectivity index (χ0v) is 19.0. The van der Waals surface area contributed by atoms with Gasteiger partial charge in [0.05, 0.1) is 13.2 Å². The number of nitrogens with two attached hydrogens (primary N) is 1. The highest BCUT2D eigenvalue weighted by molar-refractivity contribution is 5.69. The molecule has 4 aliphatic rings. The minimum Gasteiger partial charge on any atom is -0.469 e. The molecule has 4 rings (SSSR count). The summed E-state index contributed by atoms with van der Waals surface area (Å²) in [4.78, 5) is 11.7. The van der Waals surface area contributed by atoms with Crippen LogP contribution in [0.5, 0.6) is 0 Å². The lowest BCUT2D eigenvalue weighted by Gasteiger charge is -2.62. The lowest BCUT2D eigenvalue weighted by Crippen LogP contribution is -2.59. The monoisotopic (exact) mass is 405 g/mol. The molecule has 4 nitrogen and oxygen atoms in total. The van der Waals surface area contributed by atoms with Gasteiger partial charge in [-0.25, -0.2) is 0 Å². The van der Waals surface area contributed by atoms with Crippen LogP contribution in [0.1, 0.15) is 85.0 Å². The Hall–Kier alpha value is -0.610. The number of hydrogen-bond acceptors (Lipinski definition) is 4. The Morgan fingerprint density at radius 2 is 1.79 bits per heavy atom. The number of ether oxygens (including phenoxy) is 1. The molecule has 4 aliphatic carbocycles. The van der Waals surface area contributed by atoms with Crippen molar-refractivity contribution in [3.8, 4) is 0 Å². The van der Waals surface area contributed by atoms with Gasteiger partial charge in [-0.15, -0.1) is 0 Å². The van der Waals surface area contributed by atoms with E-state index in [1.807, 2.05) is 0 Å². The maximum absolute atomic E-state index is 11.7. The van der Waals surface area contributed by atoms with Gasteiger partial charge in [0, 0.05) is 12.5 Å². The maximum Gasteiger partial charge on any atom is 0.305 e. The van der Waals surface area contributed by atoms with Gasteiger partial charge in [-0.3, -0.25) is 4.79 Å². The van der Waals surface area contributed by atoms with Crippen molar-refractivity contribution < 1.29 is 14.6 Å². The van der Waals surface area contributed by atoms with E-state index in [0.717, 1.165) is 25.7 Å². The Labute approximate surface area is 177 Å². The zero-order chi connectivity index (χ0) is 21.0. The zero-order valence-electron chi connectivity index (χ0n) is 19.0. The van der Waals surface area contributed by atoms with Crippen LogP contribution in [0.25, 0.3) is 0 Å². The van der Waals surface area contributed by atoms with E-state index in [2.05, 4.69) is 20.8 Å². The van der Waals surface area contributed by atoms with Crippen LogP contribution >= 0.6 is 0 Å². The van der Waals surface area contributed by atoms with E-state index in [0.29, 0.717) is 58.8 Å². The molecule has 4 saturated carbocycles. The molecule has 0 aromatic carbocycles. The van der Waals surface area contributed by atoms with Crippen LogP contribution in [-0.4, -0.2) is 30.3 Å².